The molecule has 2 heterocycles. The van der Waals surface area contributed by atoms with Gasteiger partial charge in [-0.15, -0.1) is 11.3 Å². The molecule has 4 nitrogen and oxygen atoms in total. The molecule has 0 aliphatic rings. The topological polar surface area (TPSA) is 71.8 Å². The molecule has 6 heteroatoms. The Morgan fingerprint density at radius 1 is 1.43 bits per heavy atom. The Labute approximate surface area is 130 Å². The van der Waals surface area contributed by atoms with Gasteiger partial charge in [0.25, 0.3) is 0 Å². The average Bonchev–Trinajstić information content (AvgIpc) is 3.12. The third-order valence-corrected chi connectivity index (χ3v) is 5.04. The van der Waals surface area contributed by atoms with Crippen molar-refractivity contribution in [1.29, 1.82) is 5.26 Å². The maximum absolute atomic E-state index is 9.06. The lowest BCUT2D eigenvalue weighted by molar-refractivity contribution is 0.300. The van der Waals surface area contributed by atoms with E-state index in [0.717, 1.165) is 21.5 Å². The van der Waals surface area contributed by atoms with Gasteiger partial charge in [0, 0.05) is 39.8 Å². The number of anilines is 1. The van der Waals surface area contributed by atoms with Crippen molar-refractivity contribution in [3.8, 4) is 6.07 Å². The zero-order chi connectivity index (χ0) is 14.7. The quantitative estimate of drug-likeness (QED) is 0.627. The molecule has 106 valence electrons. The molecule has 0 amide bonds. The number of aromatic nitrogens is 1. The lowest BCUT2D eigenvalue weighted by Crippen LogP contribution is -1.88. The standard InChI is InChI=1S/C15H13N3OS2/c16-7-10-8-17-15-13(10)2-1-3-14(15)18-21-12-6-11(4-5-19)20-9-12/h1-3,6,8-9,17-19H,4-5H2. The van der Waals surface area contributed by atoms with Crippen LogP contribution in [0.3, 0.4) is 0 Å². The fourth-order valence-electron chi connectivity index (χ4n) is 2.10. The molecule has 0 saturated carbocycles. The van der Waals surface area contributed by atoms with Crippen molar-refractivity contribution in [2.75, 3.05) is 11.3 Å². The van der Waals surface area contributed by atoms with Crippen molar-refractivity contribution in [2.24, 2.45) is 0 Å². The number of H-pyrrole nitrogens is 1. The summed E-state index contributed by atoms with van der Waals surface area (Å²) in [6.45, 7) is 0.177. The summed E-state index contributed by atoms with van der Waals surface area (Å²) in [4.78, 5) is 5.43. The highest BCUT2D eigenvalue weighted by molar-refractivity contribution is 8.00. The smallest absolute Gasteiger partial charge is 0.101 e. The minimum absolute atomic E-state index is 0.177. The number of nitrogens with one attached hydrogen (secondary N) is 2. The highest BCUT2D eigenvalue weighted by Gasteiger charge is 2.07. The molecule has 0 bridgehead atoms. The van der Waals surface area contributed by atoms with Gasteiger partial charge in [-0.3, -0.25) is 0 Å². The molecule has 0 aliphatic carbocycles. The number of hydrogen-bond donors (Lipinski definition) is 3. The van der Waals surface area contributed by atoms with E-state index in [-0.39, 0.29) is 6.61 Å². The van der Waals surface area contributed by atoms with Gasteiger partial charge in [0.1, 0.15) is 6.07 Å². The third kappa shape index (κ3) is 2.90. The van der Waals surface area contributed by atoms with Crippen LogP contribution in [0.15, 0.2) is 40.7 Å². The van der Waals surface area contributed by atoms with E-state index in [4.69, 9.17) is 10.4 Å². The van der Waals surface area contributed by atoms with Gasteiger partial charge < -0.3 is 14.8 Å². The number of fused-ring (bicyclic) bond motifs is 1. The lowest BCUT2D eigenvalue weighted by atomic mass is 10.2. The fourth-order valence-corrected chi connectivity index (χ4v) is 3.85. The van der Waals surface area contributed by atoms with E-state index in [2.05, 4.69) is 27.2 Å². The van der Waals surface area contributed by atoms with Crippen LogP contribution in [-0.2, 0) is 6.42 Å². The number of hydrogen-bond acceptors (Lipinski definition) is 5. The van der Waals surface area contributed by atoms with E-state index >= 15 is 0 Å². The SMILES string of the molecule is N#Cc1c[nH]c2c(NSc3csc(CCO)c3)cccc12. The van der Waals surface area contributed by atoms with Crippen LogP contribution < -0.4 is 4.72 Å². The summed E-state index contributed by atoms with van der Waals surface area (Å²) in [5.74, 6) is 0. The van der Waals surface area contributed by atoms with Gasteiger partial charge in [0.05, 0.1) is 16.8 Å². The van der Waals surface area contributed by atoms with Crippen molar-refractivity contribution >= 4 is 39.9 Å². The molecule has 0 spiro atoms. The van der Waals surface area contributed by atoms with Crippen molar-refractivity contribution in [3.63, 3.8) is 0 Å². The molecule has 3 aromatic rings. The minimum Gasteiger partial charge on any atom is -0.396 e. The molecule has 0 fully saturated rings. The zero-order valence-corrected chi connectivity index (χ0v) is 12.7. The molecule has 0 aliphatic heterocycles. The minimum atomic E-state index is 0.177. The zero-order valence-electron chi connectivity index (χ0n) is 11.1. The number of thiophene rings is 1. The van der Waals surface area contributed by atoms with E-state index in [1.807, 2.05) is 18.2 Å². The van der Waals surface area contributed by atoms with Gasteiger partial charge in [-0.2, -0.15) is 5.26 Å². The molecule has 2 aromatic heterocycles. The van der Waals surface area contributed by atoms with Crippen LogP contribution >= 0.6 is 23.3 Å². The molecule has 21 heavy (non-hydrogen) atoms. The summed E-state index contributed by atoms with van der Waals surface area (Å²) < 4.78 is 3.32. The summed E-state index contributed by atoms with van der Waals surface area (Å²) in [7, 11) is 0. The average molecular weight is 315 g/mol. The summed E-state index contributed by atoms with van der Waals surface area (Å²) in [6, 6.07) is 10.1. The van der Waals surface area contributed by atoms with Crippen LogP contribution in [0.5, 0.6) is 0 Å². The molecular weight excluding hydrogens is 302 g/mol. The van der Waals surface area contributed by atoms with Crippen molar-refractivity contribution in [3.05, 3.63) is 46.3 Å². The molecule has 3 N–H and O–H groups in total. The Bertz CT molecular complexity index is 801. The summed E-state index contributed by atoms with van der Waals surface area (Å²) in [6.07, 6.45) is 2.42. The second-order valence-corrected chi connectivity index (χ2v) is 6.34. The summed E-state index contributed by atoms with van der Waals surface area (Å²) >= 11 is 3.18. The second-order valence-electron chi connectivity index (χ2n) is 4.47. The number of aliphatic hydroxyl groups is 1. The normalized spacial score (nSPS) is 10.7. The number of nitriles is 1. The molecule has 1 aromatic carbocycles. The van der Waals surface area contributed by atoms with Crippen LogP contribution in [0.1, 0.15) is 10.4 Å². The van der Waals surface area contributed by atoms with Gasteiger partial charge in [0.2, 0.25) is 0 Å². The first kappa shape index (κ1) is 14.0. The van der Waals surface area contributed by atoms with E-state index in [9.17, 15) is 0 Å². The molecule has 3 rings (SSSR count). The number of aromatic amines is 1. The van der Waals surface area contributed by atoms with Crippen LogP contribution in [0.2, 0.25) is 0 Å². The number of para-hydroxylation sites is 1. The Morgan fingerprint density at radius 3 is 3.14 bits per heavy atom. The first-order valence-electron chi connectivity index (χ1n) is 6.43. The Hall–Kier alpha value is -1.94. The molecule has 0 unspecified atom stereocenters. The van der Waals surface area contributed by atoms with E-state index in [0.29, 0.717) is 12.0 Å². The largest absolute Gasteiger partial charge is 0.396 e. The Balaban J connectivity index is 1.78. The molecule has 0 radical (unpaired) electrons. The predicted octanol–water partition coefficient (Wildman–Crippen LogP) is 3.76. The van der Waals surface area contributed by atoms with Crippen molar-refractivity contribution in [2.45, 2.75) is 11.3 Å². The maximum atomic E-state index is 9.06. The molecular formula is C15H13N3OS2. The van der Waals surface area contributed by atoms with Crippen LogP contribution in [0.25, 0.3) is 10.9 Å². The molecule has 0 saturated heterocycles. The van der Waals surface area contributed by atoms with E-state index in [1.165, 1.54) is 16.8 Å². The molecule has 0 atom stereocenters. The van der Waals surface area contributed by atoms with Gasteiger partial charge in [-0.25, -0.2) is 0 Å². The van der Waals surface area contributed by atoms with E-state index < -0.39 is 0 Å². The Kier molecular flexibility index (Phi) is 4.15. The third-order valence-electron chi connectivity index (χ3n) is 3.10. The maximum Gasteiger partial charge on any atom is 0.101 e. The second kappa shape index (κ2) is 6.22. The van der Waals surface area contributed by atoms with Crippen molar-refractivity contribution in [1.82, 2.24) is 4.98 Å². The number of rotatable bonds is 5. The fraction of sp³-hybridized carbons (Fsp3) is 0.133. The van der Waals surface area contributed by atoms with Crippen LogP contribution in [0, 0.1) is 11.3 Å². The highest BCUT2D eigenvalue weighted by atomic mass is 32.2. The number of aliphatic hydroxyl groups excluding tert-OH is 1. The first-order valence-corrected chi connectivity index (χ1v) is 8.13. The summed E-state index contributed by atoms with van der Waals surface area (Å²) in [5.41, 5.74) is 2.54. The van der Waals surface area contributed by atoms with E-state index in [1.54, 1.807) is 17.5 Å². The van der Waals surface area contributed by atoms with Crippen LogP contribution in [-0.4, -0.2) is 16.7 Å². The van der Waals surface area contributed by atoms with Gasteiger partial charge in [-0.05, 0) is 24.1 Å². The summed E-state index contributed by atoms with van der Waals surface area (Å²) in [5, 5.41) is 21.0. The highest BCUT2D eigenvalue weighted by Crippen LogP contribution is 2.30. The van der Waals surface area contributed by atoms with Gasteiger partial charge in [0.15, 0.2) is 0 Å². The van der Waals surface area contributed by atoms with Crippen LogP contribution in [0.4, 0.5) is 5.69 Å². The Morgan fingerprint density at radius 2 is 2.33 bits per heavy atom. The van der Waals surface area contributed by atoms with Gasteiger partial charge in [-0.1, -0.05) is 12.1 Å². The lowest BCUT2D eigenvalue weighted by Gasteiger charge is -2.05. The number of nitrogens with zero attached hydrogens (tertiary/aromatic N) is 1. The number of benzene rings is 1. The van der Waals surface area contributed by atoms with Crippen molar-refractivity contribution < 1.29 is 5.11 Å². The monoisotopic (exact) mass is 315 g/mol. The first-order chi connectivity index (χ1) is 10.3. The van der Waals surface area contributed by atoms with Gasteiger partial charge >= 0.3 is 0 Å². The predicted molar refractivity (Wildman–Crippen MR) is 87.6 cm³/mol.